The van der Waals surface area contributed by atoms with E-state index in [1.165, 1.54) is 25.7 Å². The zero-order valence-corrected chi connectivity index (χ0v) is 11.0. The first kappa shape index (κ1) is 14.9. The fraction of sp³-hybridized carbons (Fsp3) is 1.00. The van der Waals surface area contributed by atoms with E-state index in [0.717, 1.165) is 18.8 Å². The van der Waals surface area contributed by atoms with Gasteiger partial charge in [0, 0.05) is 13.2 Å². The van der Waals surface area contributed by atoms with Gasteiger partial charge in [-0.3, -0.25) is 0 Å². The summed E-state index contributed by atoms with van der Waals surface area (Å²) < 4.78 is 5.24. The molecule has 0 aromatic heterocycles. The van der Waals surface area contributed by atoms with Crippen LogP contribution in [0.2, 0.25) is 0 Å². The minimum absolute atomic E-state index is 0.295. The Morgan fingerprint density at radius 3 is 2.33 bits per heavy atom. The molecular formula is C13H29NO. The Morgan fingerprint density at radius 1 is 1.20 bits per heavy atom. The Bertz CT molecular complexity index is 138. The fourth-order valence-corrected chi connectivity index (χ4v) is 2.03. The minimum Gasteiger partial charge on any atom is -0.382 e. The summed E-state index contributed by atoms with van der Waals surface area (Å²) >= 11 is 0. The zero-order chi connectivity index (χ0) is 11.7. The quantitative estimate of drug-likeness (QED) is 0.640. The van der Waals surface area contributed by atoms with Crippen molar-refractivity contribution in [1.82, 2.24) is 0 Å². The Balaban J connectivity index is 3.74. The van der Waals surface area contributed by atoms with Gasteiger partial charge in [-0.15, -0.1) is 0 Å². The Morgan fingerprint density at radius 2 is 1.87 bits per heavy atom. The van der Waals surface area contributed by atoms with Crippen LogP contribution in [0.15, 0.2) is 0 Å². The highest BCUT2D eigenvalue weighted by atomic mass is 16.5. The molecule has 3 unspecified atom stereocenters. The largest absolute Gasteiger partial charge is 0.382 e. The number of nitrogens with two attached hydrogens (primary N) is 1. The van der Waals surface area contributed by atoms with Crippen molar-refractivity contribution in [3.63, 3.8) is 0 Å². The lowest BCUT2D eigenvalue weighted by molar-refractivity contribution is 0.101. The first-order chi connectivity index (χ1) is 7.13. The summed E-state index contributed by atoms with van der Waals surface area (Å²) in [7, 11) is 1.76. The highest BCUT2D eigenvalue weighted by Gasteiger charge is 2.14. The van der Waals surface area contributed by atoms with E-state index >= 15 is 0 Å². The molecule has 0 aromatic carbocycles. The van der Waals surface area contributed by atoms with E-state index in [-0.39, 0.29) is 0 Å². The van der Waals surface area contributed by atoms with Crippen LogP contribution in [0.5, 0.6) is 0 Å². The molecule has 0 saturated carbocycles. The highest BCUT2D eigenvalue weighted by Crippen LogP contribution is 2.19. The SMILES string of the molecule is CCCCC(CC)CC(N)CC(C)OC. The summed E-state index contributed by atoms with van der Waals surface area (Å²) in [5.41, 5.74) is 6.12. The monoisotopic (exact) mass is 215 g/mol. The van der Waals surface area contributed by atoms with Gasteiger partial charge < -0.3 is 10.5 Å². The summed E-state index contributed by atoms with van der Waals surface area (Å²) in [5, 5.41) is 0. The van der Waals surface area contributed by atoms with Crippen LogP contribution in [-0.2, 0) is 4.74 Å². The average molecular weight is 215 g/mol. The Hall–Kier alpha value is -0.0800. The minimum atomic E-state index is 0.295. The van der Waals surface area contributed by atoms with Crippen molar-refractivity contribution in [3.8, 4) is 0 Å². The van der Waals surface area contributed by atoms with E-state index in [1.807, 2.05) is 0 Å². The number of ether oxygens (including phenoxy) is 1. The van der Waals surface area contributed by atoms with Crippen molar-refractivity contribution < 1.29 is 4.74 Å². The van der Waals surface area contributed by atoms with E-state index in [2.05, 4.69) is 20.8 Å². The van der Waals surface area contributed by atoms with Crippen LogP contribution in [0.1, 0.15) is 59.3 Å². The van der Waals surface area contributed by atoms with E-state index in [4.69, 9.17) is 10.5 Å². The van der Waals surface area contributed by atoms with Gasteiger partial charge in [0.15, 0.2) is 0 Å². The van der Waals surface area contributed by atoms with Gasteiger partial charge in [0.1, 0.15) is 0 Å². The van der Waals surface area contributed by atoms with Gasteiger partial charge in [-0.05, 0) is 25.7 Å². The third-order valence-corrected chi connectivity index (χ3v) is 3.22. The van der Waals surface area contributed by atoms with Gasteiger partial charge in [0.2, 0.25) is 0 Å². The number of rotatable bonds is 9. The van der Waals surface area contributed by atoms with Gasteiger partial charge in [-0.25, -0.2) is 0 Å². The summed E-state index contributed by atoms with van der Waals surface area (Å²) in [6, 6.07) is 0.307. The standard InChI is InChI=1S/C13H29NO/c1-5-7-8-12(6-2)10-13(14)9-11(3)15-4/h11-13H,5-10,14H2,1-4H3. The first-order valence-electron chi connectivity index (χ1n) is 6.42. The predicted molar refractivity (Wildman–Crippen MR) is 67.0 cm³/mol. The molecule has 3 atom stereocenters. The zero-order valence-electron chi connectivity index (χ0n) is 11.0. The summed E-state index contributed by atoms with van der Waals surface area (Å²) in [4.78, 5) is 0. The first-order valence-corrected chi connectivity index (χ1v) is 6.42. The van der Waals surface area contributed by atoms with Gasteiger partial charge in [-0.2, -0.15) is 0 Å². The summed E-state index contributed by atoms with van der Waals surface area (Å²) in [5.74, 6) is 0.809. The average Bonchev–Trinajstić information content (AvgIpc) is 2.23. The van der Waals surface area contributed by atoms with Gasteiger partial charge in [0.25, 0.3) is 0 Å². The van der Waals surface area contributed by atoms with Crippen LogP contribution in [0.4, 0.5) is 0 Å². The van der Waals surface area contributed by atoms with Crippen molar-refractivity contribution in [2.24, 2.45) is 11.7 Å². The van der Waals surface area contributed by atoms with Crippen molar-refractivity contribution >= 4 is 0 Å². The lowest BCUT2D eigenvalue weighted by atomic mass is 9.90. The van der Waals surface area contributed by atoms with Crippen molar-refractivity contribution in [2.45, 2.75) is 71.4 Å². The van der Waals surface area contributed by atoms with Crippen molar-refractivity contribution in [2.75, 3.05) is 7.11 Å². The van der Waals surface area contributed by atoms with Crippen LogP contribution in [0.25, 0.3) is 0 Å². The molecule has 0 aliphatic heterocycles. The maximum atomic E-state index is 6.12. The molecule has 0 radical (unpaired) electrons. The van der Waals surface area contributed by atoms with Crippen LogP contribution in [0, 0.1) is 5.92 Å². The van der Waals surface area contributed by atoms with Gasteiger partial charge in [-0.1, -0.05) is 39.5 Å². The molecule has 15 heavy (non-hydrogen) atoms. The maximum absolute atomic E-state index is 6.12. The van der Waals surface area contributed by atoms with Gasteiger partial charge in [0.05, 0.1) is 6.10 Å². The number of hydrogen-bond donors (Lipinski definition) is 1. The number of methoxy groups -OCH3 is 1. The molecule has 0 fully saturated rings. The molecule has 0 rings (SSSR count). The van der Waals surface area contributed by atoms with Crippen LogP contribution in [0.3, 0.4) is 0 Å². The fourth-order valence-electron chi connectivity index (χ4n) is 2.03. The molecule has 2 nitrogen and oxygen atoms in total. The van der Waals surface area contributed by atoms with E-state index in [0.29, 0.717) is 12.1 Å². The lowest BCUT2D eigenvalue weighted by Crippen LogP contribution is -2.28. The maximum Gasteiger partial charge on any atom is 0.0558 e. The Kier molecular flexibility index (Phi) is 9.12. The molecule has 0 spiro atoms. The second-order valence-corrected chi connectivity index (χ2v) is 4.69. The Labute approximate surface area is 95.6 Å². The molecule has 0 heterocycles. The normalized spacial score (nSPS) is 17.4. The predicted octanol–water partition coefficient (Wildman–Crippen LogP) is 3.35. The molecule has 0 aliphatic carbocycles. The van der Waals surface area contributed by atoms with Gasteiger partial charge >= 0.3 is 0 Å². The van der Waals surface area contributed by atoms with E-state index < -0.39 is 0 Å². The molecule has 0 amide bonds. The van der Waals surface area contributed by atoms with Crippen LogP contribution in [-0.4, -0.2) is 19.3 Å². The van der Waals surface area contributed by atoms with Crippen molar-refractivity contribution in [3.05, 3.63) is 0 Å². The third kappa shape index (κ3) is 7.80. The number of unbranched alkanes of at least 4 members (excludes halogenated alkanes) is 1. The summed E-state index contributed by atoms with van der Waals surface area (Å²) in [6.07, 6.45) is 7.66. The summed E-state index contributed by atoms with van der Waals surface area (Å²) in [6.45, 7) is 6.61. The molecule has 2 heteroatoms. The number of hydrogen-bond acceptors (Lipinski definition) is 2. The second-order valence-electron chi connectivity index (χ2n) is 4.69. The highest BCUT2D eigenvalue weighted by molar-refractivity contribution is 4.70. The molecular weight excluding hydrogens is 186 g/mol. The van der Waals surface area contributed by atoms with Crippen molar-refractivity contribution in [1.29, 1.82) is 0 Å². The molecule has 0 aromatic rings. The molecule has 92 valence electrons. The van der Waals surface area contributed by atoms with Crippen LogP contribution < -0.4 is 5.73 Å². The molecule has 0 aliphatic rings. The molecule has 0 bridgehead atoms. The molecule has 0 saturated heterocycles. The van der Waals surface area contributed by atoms with Crippen LogP contribution >= 0.6 is 0 Å². The second kappa shape index (κ2) is 9.17. The van der Waals surface area contributed by atoms with E-state index in [1.54, 1.807) is 7.11 Å². The molecule has 2 N–H and O–H groups in total. The lowest BCUT2D eigenvalue weighted by Gasteiger charge is -2.21. The van der Waals surface area contributed by atoms with E-state index in [9.17, 15) is 0 Å². The smallest absolute Gasteiger partial charge is 0.0558 e. The third-order valence-electron chi connectivity index (χ3n) is 3.22. The topological polar surface area (TPSA) is 35.2 Å².